The maximum absolute atomic E-state index is 8.56. The summed E-state index contributed by atoms with van der Waals surface area (Å²) in [4.78, 5) is 4.91. The molecule has 1 aromatic carbocycles. The molecule has 4 heteroatoms. The first-order valence-electron chi connectivity index (χ1n) is 7.79. The van der Waals surface area contributed by atoms with Crippen LogP contribution in [-0.2, 0) is 0 Å². The highest BCUT2D eigenvalue weighted by Crippen LogP contribution is 2.16. The van der Waals surface area contributed by atoms with Gasteiger partial charge >= 0.3 is 0 Å². The molecular formula is C17H25N3O. The van der Waals surface area contributed by atoms with Crippen LogP contribution in [0.1, 0.15) is 18.4 Å². The van der Waals surface area contributed by atoms with E-state index in [0.29, 0.717) is 6.42 Å². The molecule has 0 spiro atoms. The van der Waals surface area contributed by atoms with Crippen molar-refractivity contribution in [3.8, 4) is 11.8 Å². The minimum Gasteiger partial charge on any atom is -0.492 e. The number of rotatable bonds is 7. The zero-order valence-electron chi connectivity index (χ0n) is 12.9. The number of benzene rings is 1. The third kappa shape index (κ3) is 5.37. The summed E-state index contributed by atoms with van der Waals surface area (Å²) < 4.78 is 5.85. The molecule has 21 heavy (non-hydrogen) atoms. The van der Waals surface area contributed by atoms with Crippen LogP contribution in [0.2, 0.25) is 0 Å². The van der Waals surface area contributed by atoms with Crippen LogP contribution >= 0.6 is 0 Å². The molecule has 1 aliphatic heterocycles. The summed E-state index contributed by atoms with van der Waals surface area (Å²) in [7, 11) is 0. The molecule has 114 valence electrons. The highest BCUT2D eigenvalue weighted by atomic mass is 16.5. The first kappa shape index (κ1) is 15.8. The number of piperazine rings is 1. The molecule has 0 aliphatic carbocycles. The summed E-state index contributed by atoms with van der Waals surface area (Å²) >= 11 is 0. The van der Waals surface area contributed by atoms with Crippen molar-refractivity contribution in [3.63, 3.8) is 0 Å². The summed E-state index contributed by atoms with van der Waals surface area (Å²) in [5.41, 5.74) is 1.19. The molecule has 1 aliphatic rings. The Kier molecular flexibility index (Phi) is 6.52. The van der Waals surface area contributed by atoms with Crippen molar-refractivity contribution >= 4 is 0 Å². The molecule has 0 amide bonds. The van der Waals surface area contributed by atoms with E-state index in [2.05, 4.69) is 28.9 Å². The molecule has 0 saturated carbocycles. The van der Waals surface area contributed by atoms with E-state index in [-0.39, 0.29) is 0 Å². The number of unbranched alkanes of at least 4 members (excludes halogenated alkanes) is 1. The van der Waals surface area contributed by atoms with E-state index < -0.39 is 0 Å². The third-order valence-corrected chi connectivity index (χ3v) is 3.99. The van der Waals surface area contributed by atoms with Crippen molar-refractivity contribution in [3.05, 3.63) is 29.8 Å². The topological polar surface area (TPSA) is 39.5 Å². The van der Waals surface area contributed by atoms with Crippen LogP contribution in [0.25, 0.3) is 0 Å². The Morgan fingerprint density at radius 1 is 1.10 bits per heavy atom. The first-order valence-corrected chi connectivity index (χ1v) is 7.79. The van der Waals surface area contributed by atoms with Crippen LogP contribution in [0.4, 0.5) is 0 Å². The fraction of sp³-hybridized carbons (Fsp3) is 0.588. The van der Waals surface area contributed by atoms with E-state index in [0.717, 1.165) is 58.0 Å². The second-order valence-electron chi connectivity index (χ2n) is 5.56. The SMILES string of the molecule is Cc1ccccc1OCCN1CCN(CCCC#N)CC1. The molecule has 0 radical (unpaired) electrons. The summed E-state index contributed by atoms with van der Waals surface area (Å²) in [6, 6.07) is 10.4. The van der Waals surface area contributed by atoms with Gasteiger partial charge in [0.2, 0.25) is 0 Å². The fourth-order valence-corrected chi connectivity index (χ4v) is 2.62. The number of aryl methyl sites for hydroxylation is 1. The largest absolute Gasteiger partial charge is 0.492 e. The summed E-state index contributed by atoms with van der Waals surface area (Å²) in [5, 5.41) is 8.56. The number of nitriles is 1. The molecule has 0 N–H and O–H groups in total. The minimum atomic E-state index is 0.671. The van der Waals surface area contributed by atoms with Crippen LogP contribution in [-0.4, -0.2) is 55.7 Å². The molecule has 0 unspecified atom stereocenters. The molecule has 0 atom stereocenters. The number of nitrogens with zero attached hydrogens (tertiary/aromatic N) is 3. The molecule has 0 bridgehead atoms. The van der Waals surface area contributed by atoms with E-state index in [9.17, 15) is 0 Å². The normalized spacial score (nSPS) is 16.6. The fourth-order valence-electron chi connectivity index (χ4n) is 2.62. The maximum atomic E-state index is 8.56. The molecule has 1 aromatic rings. The van der Waals surface area contributed by atoms with Crippen molar-refractivity contribution in [2.45, 2.75) is 19.8 Å². The van der Waals surface area contributed by atoms with Gasteiger partial charge < -0.3 is 9.64 Å². The van der Waals surface area contributed by atoms with Gasteiger partial charge in [-0.15, -0.1) is 0 Å². The summed E-state index contributed by atoms with van der Waals surface area (Å²) in [6.45, 7) is 9.29. The van der Waals surface area contributed by atoms with Crippen molar-refractivity contribution in [1.29, 1.82) is 5.26 Å². The number of para-hydroxylation sites is 1. The van der Waals surface area contributed by atoms with Crippen LogP contribution in [0.15, 0.2) is 24.3 Å². The van der Waals surface area contributed by atoms with Crippen molar-refractivity contribution < 1.29 is 4.74 Å². The molecular weight excluding hydrogens is 262 g/mol. The van der Waals surface area contributed by atoms with Gasteiger partial charge in [-0.05, 0) is 31.5 Å². The number of ether oxygens (including phenoxy) is 1. The lowest BCUT2D eigenvalue weighted by atomic mass is 10.2. The van der Waals surface area contributed by atoms with E-state index in [1.807, 2.05) is 18.2 Å². The van der Waals surface area contributed by atoms with Crippen LogP contribution in [0, 0.1) is 18.3 Å². The average molecular weight is 287 g/mol. The molecule has 4 nitrogen and oxygen atoms in total. The monoisotopic (exact) mass is 287 g/mol. The Hall–Kier alpha value is -1.57. The van der Waals surface area contributed by atoms with Crippen LogP contribution in [0.5, 0.6) is 5.75 Å². The van der Waals surface area contributed by atoms with Crippen molar-refractivity contribution in [1.82, 2.24) is 9.80 Å². The summed E-state index contributed by atoms with van der Waals surface area (Å²) in [5.74, 6) is 0.993. The standard InChI is InChI=1S/C17H25N3O/c1-16-6-2-3-7-17(16)21-15-14-20-12-10-19(11-13-20)9-5-4-8-18/h2-3,6-7H,4-5,9-15H2,1H3. The molecule has 1 fully saturated rings. The quantitative estimate of drug-likeness (QED) is 0.721. The third-order valence-electron chi connectivity index (χ3n) is 3.99. The lowest BCUT2D eigenvalue weighted by Crippen LogP contribution is -2.47. The van der Waals surface area contributed by atoms with Gasteiger partial charge in [0.1, 0.15) is 12.4 Å². The lowest BCUT2D eigenvalue weighted by molar-refractivity contribution is 0.116. The van der Waals surface area contributed by atoms with E-state index in [1.165, 1.54) is 5.56 Å². The van der Waals surface area contributed by atoms with E-state index >= 15 is 0 Å². The van der Waals surface area contributed by atoms with E-state index in [4.69, 9.17) is 10.00 Å². The van der Waals surface area contributed by atoms with Gasteiger partial charge in [-0.3, -0.25) is 4.90 Å². The Labute approximate surface area is 127 Å². The second kappa shape index (κ2) is 8.66. The molecule has 0 aromatic heterocycles. The first-order chi connectivity index (χ1) is 10.3. The highest BCUT2D eigenvalue weighted by molar-refractivity contribution is 5.31. The number of hydrogen-bond donors (Lipinski definition) is 0. The van der Waals surface area contributed by atoms with Gasteiger partial charge in [0.15, 0.2) is 0 Å². The Morgan fingerprint density at radius 2 is 1.76 bits per heavy atom. The molecule has 1 heterocycles. The van der Waals surface area contributed by atoms with Crippen LogP contribution < -0.4 is 4.74 Å². The highest BCUT2D eigenvalue weighted by Gasteiger charge is 2.16. The predicted octanol–water partition coefficient (Wildman–Crippen LogP) is 2.30. The zero-order valence-corrected chi connectivity index (χ0v) is 12.9. The maximum Gasteiger partial charge on any atom is 0.122 e. The van der Waals surface area contributed by atoms with Crippen LogP contribution in [0.3, 0.4) is 0 Å². The predicted molar refractivity (Wildman–Crippen MR) is 84.4 cm³/mol. The smallest absolute Gasteiger partial charge is 0.122 e. The van der Waals surface area contributed by atoms with Gasteiger partial charge in [-0.25, -0.2) is 0 Å². The Morgan fingerprint density at radius 3 is 2.43 bits per heavy atom. The lowest BCUT2D eigenvalue weighted by Gasteiger charge is -2.34. The van der Waals surface area contributed by atoms with Gasteiger partial charge in [-0.1, -0.05) is 18.2 Å². The van der Waals surface area contributed by atoms with Crippen molar-refractivity contribution in [2.24, 2.45) is 0 Å². The van der Waals surface area contributed by atoms with Gasteiger partial charge in [-0.2, -0.15) is 5.26 Å². The minimum absolute atomic E-state index is 0.671. The van der Waals surface area contributed by atoms with Gasteiger partial charge in [0.25, 0.3) is 0 Å². The van der Waals surface area contributed by atoms with Gasteiger partial charge in [0, 0.05) is 39.1 Å². The van der Waals surface area contributed by atoms with Crippen molar-refractivity contribution in [2.75, 3.05) is 45.9 Å². The molecule has 1 saturated heterocycles. The summed E-state index contributed by atoms with van der Waals surface area (Å²) in [6.07, 6.45) is 1.66. The Bertz CT molecular complexity index is 461. The second-order valence-corrected chi connectivity index (χ2v) is 5.56. The van der Waals surface area contributed by atoms with Gasteiger partial charge in [0.05, 0.1) is 6.07 Å². The average Bonchev–Trinajstić information content (AvgIpc) is 2.51. The molecule has 2 rings (SSSR count). The number of hydrogen-bond acceptors (Lipinski definition) is 4. The zero-order chi connectivity index (χ0) is 14.9. The Balaban J connectivity index is 1.61. The van der Waals surface area contributed by atoms with E-state index in [1.54, 1.807) is 0 Å².